The molecule has 2 N–H and O–H groups in total. The van der Waals surface area contributed by atoms with Crippen LogP contribution in [0.5, 0.6) is 0 Å². The van der Waals surface area contributed by atoms with Gasteiger partial charge in [-0.15, -0.1) is 0 Å². The molecule has 0 aliphatic heterocycles. The predicted molar refractivity (Wildman–Crippen MR) is 119 cm³/mol. The van der Waals surface area contributed by atoms with Gasteiger partial charge in [-0.3, -0.25) is 9.59 Å². The lowest BCUT2D eigenvalue weighted by atomic mass is 9.75. The van der Waals surface area contributed by atoms with Crippen LogP contribution in [0.25, 0.3) is 0 Å². The van der Waals surface area contributed by atoms with E-state index >= 15 is 0 Å². The number of nitrogens with one attached hydrogen (secondary N) is 2. The third kappa shape index (κ3) is 6.69. The first kappa shape index (κ1) is 25.6. The van der Waals surface area contributed by atoms with Crippen molar-refractivity contribution >= 4 is 35.4 Å². The van der Waals surface area contributed by atoms with Gasteiger partial charge < -0.3 is 20.1 Å². The van der Waals surface area contributed by atoms with Gasteiger partial charge in [0.05, 0.1) is 0 Å². The van der Waals surface area contributed by atoms with Crippen molar-refractivity contribution in [3.05, 3.63) is 34.9 Å². The van der Waals surface area contributed by atoms with Crippen LogP contribution in [0.1, 0.15) is 65.4 Å². The van der Waals surface area contributed by atoms with Gasteiger partial charge in [0.15, 0.2) is 5.78 Å². The topological polar surface area (TPSA) is 111 Å². The molecule has 2 amide bonds. The molecule has 0 saturated heterocycles. The van der Waals surface area contributed by atoms with Crippen LogP contribution in [-0.2, 0) is 29.4 Å². The summed E-state index contributed by atoms with van der Waals surface area (Å²) < 4.78 is 10.4. The van der Waals surface area contributed by atoms with E-state index in [1.54, 1.807) is 24.3 Å². The summed E-state index contributed by atoms with van der Waals surface area (Å²) in [6, 6.07) is 6.01. The highest BCUT2D eigenvalue weighted by Gasteiger charge is 2.44. The summed E-state index contributed by atoms with van der Waals surface area (Å²) in [6.45, 7) is 6.52. The van der Waals surface area contributed by atoms with Crippen LogP contribution < -0.4 is 10.6 Å². The van der Waals surface area contributed by atoms with E-state index in [-0.39, 0.29) is 17.6 Å². The number of ketones is 1. The van der Waals surface area contributed by atoms with Gasteiger partial charge in [0.25, 0.3) is 0 Å². The zero-order chi connectivity index (χ0) is 23.9. The average Bonchev–Trinajstić information content (AvgIpc) is 2.68. The number of hydrogen-bond donors (Lipinski definition) is 2. The number of rotatable bonds is 8. The second-order valence-electron chi connectivity index (χ2n) is 8.43. The molecule has 32 heavy (non-hydrogen) atoms. The molecule has 1 saturated carbocycles. The Hall–Kier alpha value is -2.61. The molecule has 1 aliphatic rings. The van der Waals surface area contributed by atoms with E-state index < -0.39 is 29.9 Å². The predicted octanol–water partition coefficient (Wildman–Crippen LogP) is 3.84. The van der Waals surface area contributed by atoms with Gasteiger partial charge in [-0.1, -0.05) is 43.6 Å². The molecule has 3 atom stereocenters. The summed E-state index contributed by atoms with van der Waals surface area (Å²) in [6.07, 6.45) is 0.405. The lowest BCUT2D eigenvalue weighted by molar-refractivity contribution is -0.169. The average molecular weight is 467 g/mol. The molecule has 1 aromatic rings. The zero-order valence-electron chi connectivity index (χ0n) is 18.9. The van der Waals surface area contributed by atoms with E-state index in [1.165, 1.54) is 13.8 Å². The molecule has 1 aromatic carbocycles. The molecular formula is C23H31ClN2O6. The lowest BCUT2D eigenvalue weighted by Crippen LogP contribution is -2.54. The van der Waals surface area contributed by atoms with E-state index in [1.807, 2.05) is 13.8 Å². The molecule has 1 unspecified atom stereocenters. The van der Waals surface area contributed by atoms with Crippen molar-refractivity contribution < 1.29 is 28.7 Å². The minimum absolute atomic E-state index is 0.131. The molecule has 2 rings (SSSR count). The van der Waals surface area contributed by atoms with Crippen molar-refractivity contribution in [2.75, 3.05) is 0 Å². The Kier molecular flexibility index (Phi) is 9.07. The number of carbonyl (C=O) groups excluding carboxylic acids is 4. The van der Waals surface area contributed by atoms with Crippen molar-refractivity contribution in [1.29, 1.82) is 0 Å². The molecule has 1 aliphatic carbocycles. The number of Topliss-reactive ketones (excluding diaryl/α,β-unsaturated/α-hetero) is 1. The lowest BCUT2D eigenvalue weighted by Gasteiger charge is -2.37. The first-order valence-corrected chi connectivity index (χ1v) is 11.2. The van der Waals surface area contributed by atoms with E-state index in [0.717, 1.165) is 12.8 Å². The van der Waals surface area contributed by atoms with Crippen LogP contribution in [0.4, 0.5) is 4.79 Å². The largest absolute Gasteiger partial charge is 0.424 e. The summed E-state index contributed by atoms with van der Waals surface area (Å²) in [5, 5.41) is 5.60. The molecular weight excluding hydrogens is 436 g/mol. The van der Waals surface area contributed by atoms with Crippen molar-refractivity contribution in [2.24, 2.45) is 5.92 Å². The number of benzene rings is 1. The first-order chi connectivity index (χ1) is 15.0. The molecule has 0 radical (unpaired) electrons. The van der Waals surface area contributed by atoms with Crippen molar-refractivity contribution in [3.8, 4) is 0 Å². The van der Waals surface area contributed by atoms with E-state index in [0.29, 0.717) is 29.8 Å². The standard InChI is InChI=1S/C23H31ClN2O6/c1-14(2)13-19(25-15(3)27)21(29)31-16(4)32-22(30)26-23(12-8-7-11-20(23)28)17-9-5-6-10-18(17)24/h5-6,9-10,14,16,19H,7-8,11-13H2,1-4H3,(H,25,27)(H,26,30)/t16?,19-,23-/m0/s1. The van der Waals surface area contributed by atoms with Gasteiger partial charge in [-0.25, -0.2) is 9.59 Å². The fourth-order valence-electron chi connectivity index (χ4n) is 3.88. The molecule has 0 aromatic heterocycles. The van der Waals surface area contributed by atoms with Crippen molar-refractivity contribution in [2.45, 2.75) is 77.7 Å². The summed E-state index contributed by atoms with van der Waals surface area (Å²) in [5.74, 6) is -1.09. The summed E-state index contributed by atoms with van der Waals surface area (Å²) in [4.78, 5) is 49.4. The smallest absolute Gasteiger partial charge is 0.411 e. The number of halogens is 1. The Morgan fingerprint density at radius 3 is 2.41 bits per heavy atom. The second-order valence-corrected chi connectivity index (χ2v) is 8.84. The van der Waals surface area contributed by atoms with Gasteiger partial charge in [0.1, 0.15) is 11.6 Å². The highest BCUT2D eigenvalue weighted by molar-refractivity contribution is 6.31. The van der Waals surface area contributed by atoms with Crippen LogP contribution in [0.2, 0.25) is 5.02 Å². The summed E-state index contributed by atoms with van der Waals surface area (Å²) >= 11 is 6.34. The molecule has 9 heteroatoms. The Morgan fingerprint density at radius 1 is 1.12 bits per heavy atom. The van der Waals surface area contributed by atoms with Crippen LogP contribution >= 0.6 is 11.6 Å². The highest BCUT2D eigenvalue weighted by Crippen LogP contribution is 2.38. The van der Waals surface area contributed by atoms with Crippen molar-refractivity contribution in [3.63, 3.8) is 0 Å². The van der Waals surface area contributed by atoms with Gasteiger partial charge in [-0.2, -0.15) is 0 Å². The first-order valence-electron chi connectivity index (χ1n) is 10.8. The number of carbonyl (C=O) groups is 4. The Bertz CT molecular complexity index is 859. The summed E-state index contributed by atoms with van der Waals surface area (Å²) in [7, 11) is 0. The minimum atomic E-state index is -1.30. The van der Waals surface area contributed by atoms with Crippen LogP contribution in [0.3, 0.4) is 0 Å². The highest BCUT2D eigenvalue weighted by atomic mass is 35.5. The monoisotopic (exact) mass is 466 g/mol. The third-order valence-corrected chi connectivity index (χ3v) is 5.58. The number of esters is 1. The second kappa shape index (κ2) is 11.3. The molecule has 0 bridgehead atoms. The molecule has 8 nitrogen and oxygen atoms in total. The molecule has 0 spiro atoms. The number of hydrogen-bond acceptors (Lipinski definition) is 6. The van der Waals surface area contributed by atoms with E-state index in [2.05, 4.69) is 10.6 Å². The minimum Gasteiger partial charge on any atom is -0.424 e. The number of ether oxygens (including phenoxy) is 2. The molecule has 1 fully saturated rings. The molecule has 0 heterocycles. The fourth-order valence-corrected chi connectivity index (χ4v) is 4.17. The maximum Gasteiger partial charge on any atom is 0.411 e. The maximum atomic E-state index is 12.9. The van der Waals surface area contributed by atoms with Gasteiger partial charge in [0, 0.05) is 30.9 Å². The van der Waals surface area contributed by atoms with Crippen LogP contribution in [0, 0.1) is 5.92 Å². The maximum absolute atomic E-state index is 12.9. The quantitative estimate of drug-likeness (QED) is 0.444. The Balaban J connectivity index is 2.09. The SMILES string of the molecule is CC(=O)N[C@@H](CC(C)C)C(=O)OC(C)OC(=O)N[C@]1(c2ccccc2Cl)CCCCC1=O. The molecule has 176 valence electrons. The Labute approximate surface area is 193 Å². The normalized spacial score (nSPS) is 20.2. The third-order valence-electron chi connectivity index (χ3n) is 5.25. The van der Waals surface area contributed by atoms with Gasteiger partial charge in [-0.05, 0) is 37.7 Å². The summed E-state index contributed by atoms with van der Waals surface area (Å²) in [5.41, 5.74) is -0.788. The van der Waals surface area contributed by atoms with Gasteiger partial charge >= 0.3 is 12.1 Å². The zero-order valence-corrected chi connectivity index (χ0v) is 19.7. The van der Waals surface area contributed by atoms with E-state index in [9.17, 15) is 19.2 Å². The number of amides is 2. The van der Waals surface area contributed by atoms with E-state index in [4.69, 9.17) is 21.1 Å². The van der Waals surface area contributed by atoms with Crippen LogP contribution in [0.15, 0.2) is 24.3 Å². The van der Waals surface area contributed by atoms with Crippen molar-refractivity contribution in [1.82, 2.24) is 10.6 Å². The number of alkyl carbamates (subject to hydrolysis) is 1. The van der Waals surface area contributed by atoms with Gasteiger partial charge in [0.2, 0.25) is 12.2 Å². The van der Waals surface area contributed by atoms with Crippen LogP contribution in [-0.4, -0.2) is 36.1 Å². The Morgan fingerprint density at radius 2 is 1.81 bits per heavy atom. The fraction of sp³-hybridized carbons (Fsp3) is 0.565.